The van der Waals surface area contributed by atoms with E-state index in [-0.39, 0.29) is 5.82 Å². The Labute approximate surface area is 137 Å². The maximum absolute atomic E-state index is 13.0. The third-order valence-electron chi connectivity index (χ3n) is 3.76. The molecule has 4 heteroatoms. The van der Waals surface area contributed by atoms with Gasteiger partial charge in [0.05, 0.1) is 6.10 Å². The predicted molar refractivity (Wildman–Crippen MR) is 89.6 cm³/mol. The summed E-state index contributed by atoms with van der Waals surface area (Å²) in [5.41, 5.74) is 1.94. The molecule has 0 aromatic heterocycles. The molecule has 0 unspecified atom stereocenters. The van der Waals surface area contributed by atoms with E-state index in [9.17, 15) is 9.50 Å². The number of ether oxygens (including phenoxy) is 1. The first-order valence-electron chi connectivity index (χ1n) is 7.88. The Bertz CT molecular complexity index is 559. The van der Waals surface area contributed by atoms with E-state index in [1.807, 2.05) is 30.3 Å². The molecule has 3 nitrogen and oxygen atoms in total. The lowest BCUT2D eigenvalue weighted by Gasteiger charge is -2.25. The molecule has 0 spiro atoms. The van der Waals surface area contributed by atoms with Gasteiger partial charge in [-0.1, -0.05) is 42.5 Å². The fourth-order valence-corrected chi connectivity index (χ4v) is 2.54. The monoisotopic (exact) mass is 317 g/mol. The molecule has 23 heavy (non-hydrogen) atoms. The highest BCUT2D eigenvalue weighted by Crippen LogP contribution is 2.16. The second-order valence-electron chi connectivity index (χ2n) is 5.63. The number of hydrogen-bond acceptors (Lipinski definition) is 3. The highest BCUT2D eigenvalue weighted by atomic mass is 19.1. The van der Waals surface area contributed by atoms with Crippen molar-refractivity contribution in [3.05, 3.63) is 71.5 Å². The van der Waals surface area contributed by atoms with Gasteiger partial charge < -0.3 is 9.84 Å². The standard InChI is InChI=1S/C19H24FNO2/c1-23-13-5-12-21(14-16-8-10-18(20)11-9-16)15-19(22)17-6-3-2-4-7-17/h2-4,6-11,19,22H,5,12-15H2,1H3/t19-/m1/s1. The van der Waals surface area contributed by atoms with Gasteiger partial charge in [0.25, 0.3) is 0 Å². The van der Waals surface area contributed by atoms with Crippen molar-refractivity contribution in [1.82, 2.24) is 4.90 Å². The smallest absolute Gasteiger partial charge is 0.123 e. The van der Waals surface area contributed by atoms with Crippen molar-refractivity contribution < 1.29 is 14.2 Å². The molecule has 0 saturated heterocycles. The molecule has 0 heterocycles. The second kappa shape index (κ2) is 9.40. The zero-order valence-corrected chi connectivity index (χ0v) is 13.5. The molecule has 0 bridgehead atoms. The number of methoxy groups -OCH3 is 1. The number of halogens is 1. The summed E-state index contributed by atoms with van der Waals surface area (Å²) < 4.78 is 18.1. The fourth-order valence-electron chi connectivity index (χ4n) is 2.54. The molecular formula is C19H24FNO2. The van der Waals surface area contributed by atoms with Crippen LogP contribution in [0.2, 0.25) is 0 Å². The Morgan fingerprint density at radius 1 is 1.09 bits per heavy atom. The van der Waals surface area contributed by atoms with Gasteiger partial charge in [-0.25, -0.2) is 4.39 Å². The van der Waals surface area contributed by atoms with E-state index < -0.39 is 6.10 Å². The summed E-state index contributed by atoms with van der Waals surface area (Å²) in [7, 11) is 1.68. The molecule has 1 N–H and O–H groups in total. The van der Waals surface area contributed by atoms with Gasteiger partial charge in [0.15, 0.2) is 0 Å². The largest absolute Gasteiger partial charge is 0.387 e. The lowest BCUT2D eigenvalue weighted by Crippen LogP contribution is -2.30. The van der Waals surface area contributed by atoms with Crippen molar-refractivity contribution in [2.75, 3.05) is 26.8 Å². The van der Waals surface area contributed by atoms with E-state index in [1.54, 1.807) is 19.2 Å². The highest BCUT2D eigenvalue weighted by Gasteiger charge is 2.14. The second-order valence-corrected chi connectivity index (χ2v) is 5.63. The van der Waals surface area contributed by atoms with E-state index in [4.69, 9.17) is 4.74 Å². The molecule has 0 aliphatic carbocycles. The van der Waals surface area contributed by atoms with E-state index in [0.29, 0.717) is 19.7 Å². The van der Waals surface area contributed by atoms with Crippen molar-refractivity contribution in [2.24, 2.45) is 0 Å². The van der Waals surface area contributed by atoms with Crippen molar-refractivity contribution in [3.63, 3.8) is 0 Å². The molecule has 0 fully saturated rings. The fraction of sp³-hybridized carbons (Fsp3) is 0.368. The minimum absolute atomic E-state index is 0.232. The third-order valence-corrected chi connectivity index (χ3v) is 3.76. The minimum atomic E-state index is -0.542. The van der Waals surface area contributed by atoms with Gasteiger partial charge in [-0.05, 0) is 29.7 Å². The molecule has 124 valence electrons. The average Bonchev–Trinajstić information content (AvgIpc) is 2.58. The van der Waals surface area contributed by atoms with Gasteiger partial charge in [0, 0.05) is 33.4 Å². The number of aliphatic hydroxyl groups is 1. The zero-order valence-electron chi connectivity index (χ0n) is 13.5. The lowest BCUT2D eigenvalue weighted by atomic mass is 10.1. The minimum Gasteiger partial charge on any atom is -0.387 e. The van der Waals surface area contributed by atoms with Gasteiger partial charge in [-0.3, -0.25) is 4.90 Å². The number of nitrogens with zero attached hydrogens (tertiary/aromatic N) is 1. The van der Waals surface area contributed by atoms with Crippen LogP contribution in [-0.2, 0) is 11.3 Å². The molecule has 0 aliphatic heterocycles. The maximum Gasteiger partial charge on any atom is 0.123 e. The van der Waals surface area contributed by atoms with Gasteiger partial charge >= 0.3 is 0 Å². The summed E-state index contributed by atoms with van der Waals surface area (Å²) in [6.07, 6.45) is 0.346. The van der Waals surface area contributed by atoms with E-state index >= 15 is 0 Å². The Balaban J connectivity index is 1.99. The van der Waals surface area contributed by atoms with Crippen molar-refractivity contribution in [2.45, 2.75) is 19.1 Å². The van der Waals surface area contributed by atoms with Gasteiger partial charge in [0.1, 0.15) is 5.82 Å². The van der Waals surface area contributed by atoms with Crippen LogP contribution in [0.5, 0.6) is 0 Å². The van der Waals surface area contributed by atoms with Crippen LogP contribution < -0.4 is 0 Å². The Kier molecular flexibility index (Phi) is 7.20. The summed E-state index contributed by atoms with van der Waals surface area (Å²) >= 11 is 0. The van der Waals surface area contributed by atoms with Gasteiger partial charge in [-0.15, -0.1) is 0 Å². The summed E-state index contributed by atoms with van der Waals surface area (Å²) in [6.45, 7) is 2.70. The molecule has 1 atom stereocenters. The van der Waals surface area contributed by atoms with Crippen molar-refractivity contribution in [3.8, 4) is 0 Å². The van der Waals surface area contributed by atoms with E-state index in [2.05, 4.69) is 4.90 Å². The van der Waals surface area contributed by atoms with Crippen LogP contribution in [0.15, 0.2) is 54.6 Å². The summed E-state index contributed by atoms with van der Waals surface area (Å²) in [5.74, 6) is -0.232. The molecule has 0 saturated carbocycles. The molecule has 0 radical (unpaired) electrons. The number of rotatable bonds is 9. The van der Waals surface area contributed by atoms with Crippen LogP contribution in [-0.4, -0.2) is 36.8 Å². The predicted octanol–water partition coefficient (Wildman–Crippen LogP) is 3.40. The topological polar surface area (TPSA) is 32.7 Å². The third kappa shape index (κ3) is 6.10. The summed E-state index contributed by atoms with van der Waals surface area (Å²) in [4.78, 5) is 2.17. The molecule has 2 aromatic carbocycles. The number of hydrogen-bond donors (Lipinski definition) is 1. The first kappa shape index (κ1) is 17.6. The molecule has 2 aromatic rings. The van der Waals surface area contributed by atoms with E-state index in [0.717, 1.165) is 24.1 Å². The van der Waals surface area contributed by atoms with Crippen LogP contribution in [0.25, 0.3) is 0 Å². The van der Waals surface area contributed by atoms with Crippen LogP contribution in [0.4, 0.5) is 4.39 Å². The maximum atomic E-state index is 13.0. The highest BCUT2D eigenvalue weighted by molar-refractivity contribution is 5.18. The number of aliphatic hydroxyl groups excluding tert-OH is 1. The molecule has 0 aliphatic rings. The first-order valence-corrected chi connectivity index (χ1v) is 7.88. The SMILES string of the molecule is COCCCN(Cc1ccc(F)cc1)C[C@@H](O)c1ccccc1. The Hall–Kier alpha value is -1.75. The molecule has 2 rings (SSSR count). The normalized spacial score (nSPS) is 12.5. The van der Waals surface area contributed by atoms with Crippen LogP contribution in [0, 0.1) is 5.82 Å². The average molecular weight is 317 g/mol. The Morgan fingerprint density at radius 2 is 1.78 bits per heavy atom. The lowest BCUT2D eigenvalue weighted by molar-refractivity contribution is 0.0995. The van der Waals surface area contributed by atoms with Crippen LogP contribution >= 0.6 is 0 Å². The number of benzene rings is 2. The molecular weight excluding hydrogens is 293 g/mol. The van der Waals surface area contributed by atoms with E-state index in [1.165, 1.54) is 12.1 Å². The van der Waals surface area contributed by atoms with Crippen LogP contribution in [0.1, 0.15) is 23.7 Å². The van der Waals surface area contributed by atoms with Crippen molar-refractivity contribution >= 4 is 0 Å². The van der Waals surface area contributed by atoms with Gasteiger partial charge in [0.2, 0.25) is 0 Å². The molecule has 0 amide bonds. The summed E-state index contributed by atoms with van der Waals surface area (Å²) in [6, 6.07) is 16.1. The Morgan fingerprint density at radius 3 is 2.43 bits per heavy atom. The quantitative estimate of drug-likeness (QED) is 0.720. The zero-order chi connectivity index (χ0) is 16.5. The van der Waals surface area contributed by atoms with Crippen molar-refractivity contribution in [1.29, 1.82) is 0 Å². The van der Waals surface area contributed by atoms with Crippen LogP contribution in [0.3, 0.4) is 0 Å². The first-order chi connectivity index (χ1) is 11.2. The van der Waals surface area contributed by atoms with Gasteiger partial charge in [-0.2, -0.15) is 0 Å². The summed E-state index contributed by atoms with van der Waals surface area (Å²) in [5, 5.41) is 10.4.